The van der Waals surface area contributed by atoms with Crippen molar-refractivity contribution in [2.45, 2.75) is 0 Å². The fourth-order valence-corrected chi connectivity index (χ4v) is 3.01. The maximum atomic E-state index is 10.2. The summed E-state index contributed by atoms with van der Waals surface area (Å²) in [7, 11) is 1.66. The van der Waals surface area contributed by atoms with Gasteiger partial charge in [0.2, 0.25) is 0 Å². The lowest BCUT2D eigenvalue weighted by molar-refractivity contribution is 0.415. The molecule has 1 N–H and O–H groups in total. The first kappa shape index (κ1) is 17.6. The predicted octanol–water partition coefficient (Wildman–Crippen LogP) is 5.42. The van der Waals surface area contributed by atoms with Gasteiger partial charge in [-0.15, -0.1) is 0 Å². The van der Waals surface area contributed by atoms with E-state index in [0.717, 1.165) is 28.4 Å². The van der Waals surface area contributed by atoms with Crippen LogP contribution in [0.1, 0.15) is 11.3 Å². The molecule has 0 radical (unpaired) electrons. The Morgan fingerprint density at radius 3 is 2.29 bits per heavy atom. The van der Waals surface area contributed by atoms with E-state index in [1.54, 1.807) is 19.2 Å². The Labute approximate surface area is 164 Å². The molecule has 3 aromatic carbocycles. The summed E-state index contributed by atoms with van der Waals surface area (Å²) in [6.07, 6.45) is 4.05. The molecule has 0 bridgehead atoms. The molecule has 0 aliphatic heterocycles. The summed E-state index contributed by atoms with van der Waals surface area (Å²) in [5.41, 5.74) is 4.36. The van der Waals surface area contributed by atoms with Crippen LogP contribution in [0.15, 0.2) is 84.9 Å². The van der Waals surface area contributed by atoms with E-state index in [0.29, 0.717) is 5.56 Å². The molecule has 0 amide bonds. The molecule has 0 aliphatic carbocycles. The molecule has 0 atom stereocenters. The van der Waals surface area contributed by atoms with Crippen LogP contribution >= 0.6 is 0 Å². The standard InChI is InChI=1S/C24H20N2O2/c1-28-21-15-12-18(13-16-21)11-14-20-17-23(22-9-5-6-10-24(22)27)25-26(20)19-7-3-2-4-8-19/h2-17,27H,1H3/b14-11+. The molecule has 0 aliphatic rings. The molecule has 0 saturated carbocycles. The first-order valence-electron chi connectivity index (χ1n) is 9.00. The summed E-state index contributed by atoms with van der Waals surface area (Å²) >= 11 is 0. The SMILES string of the molecule is COc1ccc(/C=C/c2cc(-c3ccccc3O)nn2-c2ccccc2)cc1. The summed E-state index contributed by atoms with van der Waals surface area (Å²) < 4.78 is 7.09. The van der Waals surface area contributed by atoms with E-state index in [1.165, 1.54) is 0 Å². The quantitative estimate of drug-likeness (QED) is 0.511. The topological polar surface area (TPSA) is 47.3 Å². The van der Waals surface area contributed by atoms with Crippen molar-refractivity contribution in [1.82, 2.24) is 9.78 Å². The van der Waals surface area contributed by atoms with Crippen LogP contribution in [0.5, 0.6) is 11.5 Å². The summed E-state index contributed by atoms with van der Waals surface area (Å²) in [6, 6.07) is 27.0. The number of hydrogen-bond donors (Lipinski definition) is 1. The Morgan fingerprint density at radius 1 is 0.857 bits per heavy atom. The van der Waals surface area contributed by atoms with Crippen LogP contribution in [-0.4, -0.2) is 22.0 Å². The number of aromatic nitrogens is 2. The molecule has 1 aromatic heterocycles. The molecule has 0 unspecified atom stereocenters. The molecule has 1 heterocycles. The first-order chi connectivity index (χ1) is 13.7. The average molecular weight is 368 g/mol. The normalized spacial score (nSPS) is 11.0. The monoisotopic (exact) mass is 368 g/mol. The number of aromatic hydroxyl groups is 1. The van der Waals surface area contributed by atoms with Gasteiger partial charge < -0.3 is 9.84 Å². The van der Waals surface area contributed by atoms with Crippen LogP contribution in [0, 0.1) is 0 Å². The van der Waals surface area contributed by atoms with E-state index in [1.807, 2.05) is 89.6 Å². The first-order valence-corrected chi connectivity index (χ1v) is 9.00. The number of ether oxygens (including phenoxy) is 1. The molecule has 0 spiro atoms. The van der Waals surface area contributed by atoms with Gasteiger partial charge in [0, 0.05) is 5.56 Å². The van der Waals surface area contributed by atoms with E-state index in [4.69, 9.17) is 9.84 Å². The van der Waals surface area contributed by atoms with Gasteiger partial charge in [-0.3, -0.25) is 0 Å². The Hall–Kier alpha value is -3.79. The molecule has 4 nitrogen and oxygen atoms in total. The smallest absolute Gasteiger partial charge is 0.125 e. The zero-order valence-corrected chi connectivity index (χ0v) is 15.5. The molecule has 28 heavy (non-hydrogen) atoms. The number of phenols is 1. The Kier molecular flexibility index (Phi) is 4.93. The number of hydrogen-bond acceptors (Lipinski definition) is 3. The van der Waals surface area contributed by atoms with E-state index < -0.39 is 0 Å². The number of benzene rings is 3. The molecule has 138 valence electrons. The minimum Gasteiger partial charge on any atom is -0.507 e. The summed E-state index contributed by atoms with van der Waals surface area (Å²) in [5.74, 6) is 1.04. The van der Waals surface area contributed by atoms with Gasteiger partial charge in [-0.05, 0) is 54.1 Å². The third-order valence-electron chi connectivity index (χ3n) is 4.48. The molecule has 4 aromatic rings. The van der Waals surface area contributed by atoms with E-state index >= 15 is 0 Å². The summed E-state index contributed by atoms with van der Waals surface area (Å²) in [5, 5.41) is 14.9. The fraction of sp³-hybridized carbons (Fsp3) is 0.0417. The fourth-order valence-electron chi connectivity index (χ4n) is 3.01. The van der Waals surface area contributed by atoms with Gasteiger partial charge in [-0.1, -0.05) is 48.5 Å². The highest BCUT2D eigenvalue weighted by atomic mass is 16.5. The van der Waals surface area contributed by atoms with Crippen molar-refractivity contribution in [3.05, 3.63) is 96.2 Å². The predicted molar refractivity (Wildman–Crippen MR) is 113 cm³/mol. The minimum atomic E-state index is 0.214. The van der Waals surface area contributed by atoms with Gasteiger partial charge in [0.15, 0.2) is 0 Å². The van der Waals surface area contributed by atoms with Crippen molar-refractivity contribution in [3.63, 3.8) is 0 Å². The zero-order chi connectivity index (χ0) is 19.3. The second-order valence-electron chi connectivity index (χ2n) is 6.33. The van der Waals surface area contributed by atoms with Crippen molar-refractivity contribution in [1.29, 1.82) is 0 Å². The van der Waals surface area contributed by atoms with Crippen molar-refractivity contribution in [2.24, 2.45) is 0 Å². The number of rotatable bonds is 5. The van der Waals surface area contributed by atoms with Crippen molar-refractivity contribution in [2.75, 3.05) is 7.11 Å². The maximum Gasteiger partial charge on any atom is 0.125 e. The Morgan fingerprint density at radius 2 is 1.57 bits per heavy atom. The maximum absolute atomic E-state index is 10.2. The van der Waals surface area contributed by atoms with Gasteiger partial charge in [0.05, 0.1) is 24.2 Å². The van der Waals surface area contributed by atoms with Crippen LogP contribution in [0.4, 0.5) is 0 Å². The van der Waals surface area contributed by atoms with Crippen molar-refractivity contribution >= 4 is 12.2 Å². The van der Waals surface area contributed by atoms with Gasteiger partial charge >= 0.3 is 0 Å². The van der Waals surface area contributed by atoms with Crippen LogP contribution in [-0.2, 0) is 0 Å². The van der Waals surface area contributed by atoms with E-state index in [9.17, 15) is 5.11 Å². The van der Waals surface area contributed by atoms with E-state index in [2.05, 4.69) is 0 Å². The number of methoxy groups -OCH3 is 1. The summed E-state index contributed by atoms with van der Waals surface area (Å²) in [4.78, 5) is 0. The molecule has 0 saturated heterocycles. The molecule has 4 heteroatoms. The second kappa shape index (κ2) is 7.84. The Bertz CT molecular complexity index is 1100. The van der Waals surface area contributed by atoms with E-state index in [-0.39, 0.29) is 5.75 Å². The third kappa shape index (κ3) is 3.67. The number of para-hydroxylation sites is 2. The molecular formula is C24H20N2O2. The lowest BCUT2D eigenvalue weighted by Gasteiger charge is -2.04. The highest BCUT2D eigenvalue weighted by Crippen LogP contribution is 2.29. The zero-order valence-electron chi connectivity index (χ0n) is 15.5. The van der Waals surface area contributed by atoms with Crippen molar-refractivity contribution in [3.8, 4) is 28.4 Å². The highest BCUT2D eigenvalue weighted by Gasteiger charge is 2.12. The van der Waals surface area contributed by atoms with Crippen LogP contribution < -0.4 is 4.74 Å². The van der Waals surface area contributed by atoms with Crippen molar-refractivity contribution < 1.29 is 9.84 Å². The third-order valence-corrected chi connectivity index (χ3v) is 4.48. The van der Waals surface area contributed by atoms with Gasteiger partial charge in [-0.25, -0.2) is 4.68 Å². The molecule has 4 rings (SSSR count). The Balaban J connectivity index is 1.76. The minimum absolute atomic E-state index is 0.214. The van der Waals surface area contributed by atoms with Crippen LogP contribution in [0.3, 0.4) is 0 Å². The summed E-state index contributed by atoms with van der Waals surface area (Å²) in [6.45, 7) is 0. The number of nitrogens with zero attached hydrogens (tertiary/aromatic N) is 2. The molecular weight excluding hydrogens is 348 g/mol. The lowest BCUT2D eigenvalue weighted by atomic mass is 10.1. The van der Waals surface area contributed by atoms with Crippen LogP contribution in [0.25, 0.3) is 29.1 Å². The highest BCUT2D eigenvalue weighted by molar-refractivity contribution is 5.74. The second-order valence-corrected chi connectivity index (χ2v) is 6.33. The van der Waals surface area contributed by atoms with Gasteiger partial charge in [0.25, 0.3) is 0 Å². The lowest BCUT2D eigenvalue weighted by Crippen LogP contribution is -1.98. The van der Waals surface area contributed by atoms with Gasteiger partial charge in [0.1, 0.15) is 11.5 Å². The van der Waals surface area contributed by atoms with Crippen LogP contribution in [0.2, 0.25) is 0 Å². The van der Waals surface area contributed by atoms with Gasteiger partial charge in [-0.2, -0.15) is 5.10 Å². The largest absolute Gasteiger partial charge is 0.507 e. The average Bonchev–Trinajstić information content (AvgIpc) is 3.17. The molecule has 0 fully saturated rings. The number of phenolic OH excluding ortho intramolecular Hbond substituents is 1.